The smallest absolute Gasteiger partial charge is 0.326 e. The summed E-state index contributed by atoms with van der Waals surface area (Å²) < 4.78 is 38.4. The SMILES string of the molecule is NC1(CC(=O)Nc2cc(Br)cc(C(F)(F)F)c2)CCCC1. The van der Waals surface area contributed by atoms with Crippen LogP contribution in [-0.2, 0) is 11.0 Å². The number of amides is 1. The average Bonchev–Trinajstić information content (AvgIpc) is 2.73. The Morgan fingerprint density at radius 2 is 1.90 bits per heavy atom. The summed E-state index contributed by atoms with van der Waals surface area (Å²) in [5, 5.41) is 2.50. The number of nitrogens with one attached hydrogen (secondary N) is 1. The zero-order valence-corrected chi connectivity index (χ0v) is 12.9. The van der Waals surface area contributed by atoms with E-state index in [1.54, 1.807) is 0 Å². The number of rotatable bonds is 3. The Balaban J connectivity index is 2.08. The number of hydrogen-bond acceptors (Lipinski definition) is 2. The first-order valence-corrected chi connectivity index (χ1v) is 7.44. The first-order chi connectivity index (χ1) is 9.68. The molecule has 3 N–H and O–H groups in total. The molecule has 1 aromatic rings. The van der Waals surface area contributed by atoms with Crippen LogP contribution in [0.2, 0.25) is 0 Å². The molecule has 21 heavy (non-hydrogen) atoms. The first-order valence-electron chi connectivity index (χ1n) is 6.64. The highest BCUT2D eigenvalue weighted by atomic mass is 79.9. The second-order valence-corrected chi connectivity index (χ2v) is 6.44. The molecule has 0 spiro atoms. The van der Waals surface area contributed by atoms with Gasteiger partial charge in [0.1, 0.15) is 0 Å². The summed E-state index contributed by atoms with van der Waals surface area (Å²) in [7, 11) is 0. The van der Waals surface area contributed by atoms with Crippen molar-refractivity contribution in [2.75, 3.05) is 5.32 Å². The van der Waals surface area contributed by atoms with Gasteiger partial charge in [0.25, 0.3) is 0 Å². The van der Waals surface area contributed by atoms with Crippen LogP contribution in [-0.4, -0.2) is 11.4 Å². The number of benzene rings is 1. The molecule has 1 aliphatic carbocycles. The molecule has 0 heterocycles. The summed E-state index contributed by atoms with van der Waals surface area (Å²) >= 11 is 3.02. The number of nitrogens with two attached hydrogens (primary N) is 1. The zero-order valence-electron chi connectivity index (χ0n) is 11.3. The number of alkyl halides is 3. The molecule has 0 saturated heterocycles. The van der Waals surface area contributed by atoms with Crippen molar-refractivity contribution in [1.29, 1.82) is 0 Å². The van der Waals surface area contributed by atoms with E-state index < -0.39 is 17.3 Å². The van der Waals surface area contributed by atoms with E-state index >= 15 is 0 Å². The third kappa shape index (κ3) is 4.44. The minimum Gasteiger partial charge on any atom is -0.326 e. The second kappa shape index (κ2) is 5.96. The molecule has 1 aromatic carbocycles. The lowest BCUT2D eigenvalue weighted by Gasteiger charge is -2.22. The Hall–Kier alpha value is -1.08. The van der Waals surface area contributed by atoms with Gasteiger partial charge in [-0.1, -0.05) is 28.8 Å². The van der Waals surface area contributed by atoms with Crippen LogP contribution < -0.4 is 11.1 Å². The lowest BCUT2D eigenvalue weighted by Crippen LogP contribution is -2.40. The predicted octanol–water partition coefficient (Wildman–Crippen LogP) is 4.07. The van der Waals surface area contributed by atoms with Gasteiger partial charge in [-0.25, -0.2) is 0 Å². The molecule has 116 valence electrons. The Morgan fingerprint density at radius 3 is 2.48 bits per heavy atom. The third-order valence-electron chi connectivity index (χ3n) is 3.62. The van der Waals surface area contributed by atoms with Crippen LogP contribution in [0.1, 0.15) is 37.7 Å². The van der Waals surface area contributed by atoms with Crippen molar-refractivity contribution in [3.05, 3.63) is 28.2 Å². The maximum Gasteiger partial charge on any atom is 0.416 e. The molecule has 1 aliphatic rings. The highest BCUT2D eigenvalue weighted by molar-refractivity contribution is 9.10. The van der Waals surface area contributed by atoms with Crippen molar-refractivity contribution in [2.24, 2.45) is 5.73 Å². The van der Waals surface area contributed by atoms with E-state index in [0.29, 0.717) is 0 Å². The molecule has 0 radical (unpaired) electrons. The second-order valence-electron chi connectivity index (χ2n) is 5.52. The molecule has 1 fully saturated rings. The molecular weight excluding hydrogens is 349 g/mol. The molecule has 0 bridgehead atoms. The van der Waals surface area contributed by atoms with Gasteiger partial charge in [0.15, 0.2) is 0 Å². The molecular formula is C14H16BrF3N2O. The third-order valence-corrected chi connectivity index (χ3v) is 4.08. The topological polar surface area (TPSA) is 55.1 Å². The lowest BCUT2D eigenvalue weighted by molar-refractivity contribution is -0.137. The largest absolute Gasteiger partial charge is 0.416 e. The minimum absolute atomic E-state index is 0.114. The van der Waals surface area contributed by atoms with Gasteiger partial charge in [0, 0.05) is 22.1 Å². The van der Waals surface area contributed by atoms with E-state index in [-0.39, 0.29) is 22.5 Å². The van der Waals surface area contributed by atoms with Gasteiger partial charge < -0.3 is 11.1 Å². The van der Waals surface area contributed by atoms with Crippen LogP contribution in [0.4, 0.5) is 18.9 Å². The molecule has 0 aromatic heterocycles. The van der Waals surface area contributed by atoms with E-state index in [0.717, 1.165) is 37.8 Å². The quantitative estimate of drug-likeness (QED) is 0.849. The van der Waals surface area contributed by atoms with Crippen LogP contribution in [0.25, 0.3) is 0 Å². The summed E-state index contributed by atoms with van der Waals surface area (Å²) in [6.07, 6.45) is -0.818. The van der Waals surface area contributed by atoms with Crippen molar-refractivity contribution < 1.29 is 18.0 Å². The molecule has 0 unspecified atom stereocenters. The van der Waals surface area contributed by atoms with Gasteiger partial charge in [-0.3, -0.25) is 4.79 Å². The van der Waals surface area contributed by atoms with Crippen molar-refractivity contribution in [3.63, 3.8) is 0 Å². The fourth-order valence-corrected chi connectivity index (χ4v) is 3.10. The lowest BCUT2D eigenvalue weighted by atomic mass is 9.94. The van der Waals surface area contributed by atoms with Crippen molar-refractivity contribution >= 4 is 27.5 Å². The molecule has 2 rings (SSSR count). The molecule has 1 saturated carbocycles. The van der Waals surface area contributed by atoms with Gasteiger partial charge in [-0.2, -0.15) is 13.2 Å². The molecule has 1 amide bonds. The van der Waals surface area contributed by atoms with Gasteiger partial charge in [0.05, 0.1) is 5.56 Å². The Bertz CT molecular complexity index is 540. The van der Waals surface area contributed by atoms with Gasteiger partial charge >= 0.3 is 6.18 Å². The van der Waals surface area contributed by atoms with Gasteiger partial charge in [0.2, 0.25) is 5.91 Å². The van der Waals surface area contributed by atoms with Crippen LogP contribution in [0.15, 0.2) is 22.7 Å². The van der Waals surface area contributed by atoms with Gasteiger partial charge in [-0.05, 0) is 31.0 Å². The molecule has 3 nitrogen and oxygen atoms in total. The number of carbonyl (C=O) groups excluding carboxylic acids is 1. The summed E-state index contributed by atoms with van der Waals surface area (Å²) in [6, 6.07) is 3.32. The van der Waals surface area contributed by atoms with Crippen molar-refractivity contribution in [1.82, 2.24) is 0 Å². The van der Waals surface area contributed by atoms with E-state index in [4.69, 9.17) is 5.73 Å². The van der Waals surface area contributed by atoms with E-state index in [2.05, 4.69) is 21.2 Å². The number of carbonyl (C=O) groups is 1. The molecule has 0 aliphatic heterocycles. The average molecular weight is 365 g/mol. The Labute approximate surface area is 129 Å². The zero-order chi connectivity index (χ0) is 15.7. The monoisotopic (exact) mass is 364 g/mol. The molecule has 7 heteroatoms. The standard InChI is InChI=1S/C14H16BrF3N2O/c15-10-5-9(14(16,17)18)6-11(7-10)20-12(21)8-13(19)3-1-2-4-13/h5-7H,1-4,8,19H2,(H,20,21). The predicted molar refractivity (Wildman–Crippen MR) is 77.8 cm³/mol. The Kier molecular flexibility index (Phi) is 4.63. The minimum atomic E-state index is -4.45. The summed E-state index contributed by atoms with van der Waals surface area (Å²) in [6.45, 7) is 0. The fourth-order valence-electron chi connectivity index (χ4n) is 2.61. The van der Waals surface area contributed by atoms with E-state index in [9.17, 15) is 18.0 Å². The fraction of sp³-hybridized carbons (Fsp3) is 0.500. The summed E-state index contributed by atoms with van der Waals surface area (Å²) in [5.74, 6) is -0.356. The maximum atomic E-state index is 12.7. The summed E-state index contributed by atoms with van der Waals surface area (Å²) in [4.78, 5) is 12.0. The highest BCUT2D eigenvalue weighted by Gasteiger charge is 2.33. The number of halogens is 4. The van der Waals surface area contributed by atoms with Gasteiger partial charge in [-0.15, -0.1) is 0 Å². The first kappa shape index (κ1) is 16.3. The van der Waals surface area contributed by atoms with E-state index in [1.807, 2.05) is 0 Å². The van der Waals surface area contributed by atoms with Crippen LogP contribution in [0, 0.1) is 0 Å². The van der Waals surface area contributed by atoms with Crippen LogP contribution in [0.3, 0.4) is 0 Å². The number of hydrogen-bond donors (Lipinski definition) is 2. The highest BCUT2D eigenvalue weighted by Crippen LogP contribution is 2.34. The Morgan fingerprint density at radius 1 is 1.29 bits per heavy atom. The van der Waals surface area contributed by atoms with Crippen molar-refractivity contribution in [3.8, 4) is 0 Å². The summed E-state index contributed by atoms with van der Waals surface area (Å²) in [5.41, 5.74) is 4.87. The maximum absolute atomic E-state index is 12.7. The molecule has 0 atom stereocenters. The van der Waals surface area contributed by atoms with E-state index in [1.165, 1.54) is 6.07 Å². The number of anilines is 1. The van der Waals surface area contributed by atoms with Crippen LogP contribution in [0.5, 0.6) is 0 Å². The van der Waals surface area contributed by atoms with Crippen LogP contribution >= 0.6 is 15.9 Å². The van der Waals surface area contributed by atoms with Crippen molar-refractivity contribution in [2.45, 2.75) is 43.8 Å². The normalized spacial score (nSPS) is 17.8.